The lowest BCUT2D eigenvalue weighted by Gasteiger charge is -2.29. The molecule has 1 aromatic heterocycles. The fraction of sp³-hybridized carbons (Fsp3) is 0.474. The van der Waals surface area contributed by atoms with Gasteiger partial charge in [0.25, 0.3) is 0 Å². The number of likely N-dealkylation sites (N-methyl/N-ethyl adjacent to an activating group) is 1. The number of benzene rings is 1. The highest BCUT2D eigenvalue weighted by molar-refractivity contribution is 5.76. The Labute approximate surface area is 148 Å². The molecule has 6 nitrogen and oxygen atoms in total. The van der Waals surface area contributed by atoms with Gasteiger partial charge in [0.05, 0.1) is 12.2 Å². The van der Waals surface area contributed by atoms with Gasteiger partial charge in [0.15, 0.2) is 17.6 Å². The molecule has 1 atom stereocenters. The van der Waals surface area contributed by atoms with Crippen molar-refractivity contribution in [2.75, 3.05) is 20.2 Å². The number of aryl methyl sites for hydroxylation is 2. The lowest BCUT2D eigenvalue weighted by Crippen LogP contribution is -2.41. The minimum absolute atomic E-state index is 0.102. The molecule has 1 aliphatic rings. The van der Waals surface area contributed by atoms with E-state index in [9.17, 15) is 4.79 Å². The van der Waals surface area contributed by atoms with Gasteiger partial charge in [0.1, 0.15) is 6.61 Å². The van der Waals surface area contributed by atoms with E-state index in [2.05, 4.69) is 5.10 Å². The van der Waals surface area contributed by atoms with Crippen LogP contribution in [0.5, 0.6) is 11.5 Å². The molecule has 134 valence electrons. The second kappa shape index (κ2) is 7.17. The number of rotatable bonds is 5. The molecule has 0 saturated carbocycles. The van der Waals surface area contributed by atoms with Crippen molar-refractivity contribution >= 4 is 5.91 Å². The first-order valence-corrected chi connectivity index (χ1v) is 8.57. The number of hydrogen-bond acceptors (Lipinski definition) is 4. The van der Waals surface area contributed by atoms with Crippen molar-refractivity contribution in [1.82, 2.24) is 14.7 Å². The Morgan fingerprint density at radius 3 is 2.72 bits per heavy atom. The zero-order valence-electron chi connectivity index (χ0n) is 15.3. The molecule has 0 aliphatic carbocycles. The molecule has 0 fully saturated rings. The standard InChI is InChI=1S/C19H25N3O3/c1-13-16(14(2)22(4)20-13)9-10-19(23)21(3)11-15-12-24-17-7-5-6-8-18(17)25-15/h5-8,15H,9-12H2,1-4H3/t15-/m1/s1. The fourth-order valence-corrected chi connectivity index (χ4v) is 3.16. The van der Waals surface area contributed by atoms with E-state index in [0.29, 0.717) is 26.0 Å². The minimum Gasteiger partial charge on any atom is -0.486 e. The lowest BCUT2D eigenvalue weighted by molar-refractivity contribution is -0.131. The van der Waals surface area contributed by atoms with Crippen molar-refractivity contribution < 1.29 is 14.3 Å². The zero-order chi connectivity index (χ0) is 18.0. The maximum absolute atomic E-state index is 12.5. The van der Waals surface area contributed by atoms with Crippen LogP contribution in [0.15, 0.2) is 24.3 Å². The summed E-state index contributed by atoms with van der Waals surface area (Å²) in [6, 6.07) is 7.61. The molecule has 0 spiro atoms. The molecule has 1 amide bonds. The summed E-state index contributed by atoms with van der Waals surface area (Å²) in [7, 11) is 3.74. The molecule has 0 saturated heterocycles. The lowest BCUT2D eigenvalue weighted by atomic mass is 10.1. The monoisotopic (exact) mass is 343 g/mol. The molecule has 0 N–H and O–H groups in total. The molecule has 1 aliphatic heterocycles. The summed E-state index contributed by atoms with van der Waals surface area (Å²) in [6.45, 7) is 4.99. The summed E-state index contributed by atoms with van der Waals surface area (Å²) in [6.07, 6.45) is 1.03. The predicted octanol–water partition coefficient (Wildman–Crippen LogP) is 2.27. The molecule has 3 rings (SSSR count). The number of hydrogen-bond donors (Lipinski definition) is 0. The third-order valence-electron chi connectivity index (χ3n) is 4.72. The Bertz CT molecular complexity index is 769. The summed E-state index contributed by atoms with van der Waals surface area (Å²) in [4.78, 5) is 14.2. The molecule has 0 unspecified atom stereocenters. The van der Waals surface area contributed by atoms with E-state index >= 15 is 0 Å². The van der Waals surface area contributed by atoms with Crippen molar-refractivity contribution in [2.24, 2.45) is 7.05 Å². The SMILES string of the molecule is Cc1nn(C)c(C)c1CCC(=O)N(C)C[C@@H]1COc2ccccc2O1. The fourth-order valence-electron chi connectivity index (χ4n) is 3.16. The molecule has 6 heteroatoms. The highest BCUT2D eigenvalue weighted by Gasteiger charge is 2.23. The van der Waals surface area contributed by atoms with Crippen molar-refractivity contribution in [3.05, 3.63) is 41.2 Å². The van der Waals surface area contributed by atoms with E-state index in [1.807, 2.05) is 56.9 Å². The molecule has 0 bridgehead atoms. The molecular weight excluding hydrogens is 318 g/mol. The van der Waals surface area contributed by atoms with Gasteiger partial charge in [-0.1, -0.05) is 12.1 Å². The topological polar surface area (TPSA) is 56.6 Å². The summed E-state index contributed by atoms with van der Waals surface area (Å²) in [5, 5.41) is 4.40. The highest BCUT2D eigenvalue weighted by Crippen LogP contribution is 2.31. The van der Waals surface area contributed by atoms with E-state index in [4.69, 9.17) is 9.47 Å². The molecule has 2 aromatic rings. The van der Waals surface area contributed by atoms with Gasteiger partial charge in [-0.3, -0.25) is 9.48 Å². The van der Waals surface area contributed by atoms with E-state index in [1.165, 1.54) is 0 Å². The third kappa shape index (κ3) is 3.78. The number of fused-ring (bicyclic) bond motifs is 1. The Morgan fingerprint density at radius 1 is 1.32 bits per heavy atom. The van der Waals surface area contributed by atoms with Gasteiger partial charge in [0.2, 0.25) is 5.91 Å². The van der Waals surface area contributed by atoms with Crippen LogP contribution in [0.25, 0.3) is 0 Å². The first-order chi connectivity index (χ1) is 12.0. The van der Waals surface area contributed by atoms with Gasteiger partial charge in [-0.25, -0.2) is 0 Å². The quantitative estimate of drug-likeness (QED) is 0.836. The normalized spacial score (nSPS) is 15.9. The minimum atomic E-state index is -0.147. The van der Waals surface area contributed by atoms with Gasteiger partial charge in [-0.05, 0) is 38.0 Å². The van der Waals surface area contributed by atoms with Gasteiger partial charge in [-0.15, -0.1) is 0 Å². The summed E-state index contributed by atoms with van der Waals surface area (Å²) in [5.41, 5.74) is 3.28. The van der Waals surface area contributed by atoms with Crippen molar-refractivity contribution in [3.63, 3.8) is 0 Å². The van der Waals surface area contributed by atoms with Crippen LogP contribution >= 0.6 is 0 Å². The second-order valence-corrected chi connectivity index (χ2v) is 6.54. The van der Waals surface area contributed by atoms with Gasteiger partial charge >= 0.3 is 0 Å². The van der Waals surface area contributed by atoms with Crippen molar-refractivity contribution in [1.29, 1.82) is 0 Å². The smallest absolute Gasteiger partial charge is 0.222 e. The Balaban J connectivity index is 1.53. The van der Waals surface area contributed by atoms with Gasteiger partial charge in [-0.2, -0.15) is 5.10 Å². The average Bonchev–Trinajstić information content (AvgIpc) is 2.84. The molecular formula is C19H25N3O3. The van der Waals surface area contributed by atoms with Crippen LogP contribution in [0.4, 0.5) is 0 Å². The van der Waals surface area contributed by atoms with E-state index in [1.54, 1.807) is 4.90 Å². The Morgan fingerprint density at radius 2 is 2.04 bits per heavy atom. The Kier molecular flexibility index (Phi) is 4.97. The Hall–Kier alpha value is -2.50. The van der Waals surface area contributed by atoms with E-state index in [-0.39, 0.29) is 12.0 Å². The van der Waals surface area contributed by atoms with Crippen molar-refractivity contribution in [3.8, 4) is 11.5 Å². The maximum atomic E-state index is 12.5. The largest absolute Gasteiger partial charge is 0.486 e. The van der Waals surface area contributed by atoms with Crippen LogP contribution in [-0.4, -0.2) is 46.9 Å². The summed E-state index contributed by atoms with van der Waals surface area (Å²) >= 11 is 0. The maximum Gasteiger partial charge on any atom is 0.222 e. The third-order valence-corrected chi connectivity index (χ3v) is 4.72. The van der Waals surface area contributed by atoms with E-state index in [0.717, 1.165) is 28.5 Å². The zero-order valence-corrected chi connectivity index (χ0v) is 15.3. The van der Waals surface area contributed by atoms with Gasteiger partial charge < -0.3 is 14.4 Å². The van der Waals surface area contributed by atoms with Crippen LogP contribution in [0.2, 0.25) is 0 Å². The number of carbonyl (C=O) groups excluding carboxylic acids is 1. The molecule has 2 heterocycles. The summed E-state index contributed by atoms with van der Waals surface area (Å²) in [5.74, 6) is 1.60. The van der Waals surface area contributed by atoms with E-state index < -0.39 is 0 Å². The average molecular weight is 343 g/mol. The van der Waals surface area contributed by atoms with Crippen molar-refractivity contribution in [2.45, 2.75) is 32.8 Å². The molecule has 25 heavy (non-hydrogen) atoms. The van der Waals surface area contributed by atoms with Crippen LogP contribution in [0.1, 0.15) is 23.4 Å². The number of ether oxygens (including phenoxy) is 2. The van der Waals surface area contributed by atoms with Crippen LogP contribution in [0.3, 0.4) is 0 Å². The second-order valence-electron chi connectivity index (χ2n) is 6.54. The highest BCUT2D eigenvalue weighted by atomic mass is 16.6. The van der Waals surface area contributed by atoms with Gasteiger partial charge in [0, 0.05) is 26.2 Å². The first-order valence-electron chi connectivity index (χ1n) is 8.57. The molecule has 1 aromatic carbocycles. The number of carbonyl (C=O) groups is 1. The number of para-hydroxylation sites is 2. The van der Waals surface area contributed by atoms with Crippen LogP contribution < -0.4 is 9.47 Å². The number of nitrogens with zero attached hydrogens (tertiary/aromatic N) is 3. The van der Waals surface area contributed by atoms with Crippen LogP contribution in [-0.2, 0) is 18.3 Å². The first kappa shape index (κ1) is 17.3. The number of aromatic nitrogens is 2. The molecule has 0 radical (unpaired) electrons. The predicted molar refractivity (Wildman–Crippen MR) is 95.0 cm³/mol. The van der Waals surface area contributed by atoms with Crippen LogP contribution in [0, 0.1) is 13.8 Å². The number of amides is 1. The summed E-state index contributed by atoms with van der Waals surface area (Å²) < 4.78 is 13.5.